The Bertz CT molecular complexity index is 747. The number of carboxylic acids is 3. The molecule has 0 aromatic heterocycles. The molecule has 0 aliphatic carbocycles. The van der Waals surface area contributed by atoms with Gasteiger partial charge in [-0.15, -0.1) is 0 Å². The van der Waals surface area contributed by atoms with Crippen LogP contribution in [0.3, 0.4) is 0 Å². The SMILES string of the molecule is N=C(N)CCCc1c(C(=O)O)cc(C(=O)O)c(CCCC(=N)N)c1C(=O)O. The van der Waals surface area contributed by atoms with Crippen LogP contribution in [-0.2, 0) is 12.8 Å². The van der Waals surface area contributed by atoms with E-state index in [9.17, 15) is 29.7 Å². The number of carboxylic acid groups (broad SMARTS) is 3. The number of hydrogen-bond donors (Lipinski definition) is 7. The van der Waals surface area contributed by atoms with E-state index < -0.39 is 29.0 Å². The number of carbonyl (C=O) groups is 3. The number of nitrogens with two attached hydrogens (primary N) is 2. The zero-order chi connectivity index (χ0) is 20.7. The van der Waals surface area contributed by atoms with Gasteiger partial charge in [-0.2, -0.15) is 0 Å². The molecule has 0 heterocycles. The van der Waals surface area contributed by atoms with Crippen LogP contribution in [0, 0.1) is 10.8 Å². The summed E-state index contributed by atoms with van der Waals surface area (Å²) in [6.45, 7) is 0. The van der Waals surface area contributed by atoms with Crippen molar-refractivity contribution in [1.29, 1.82) is 10.8 Å². The minimum atomic E-state index is -1.44. The van der Waals surface area contributed by atoms with Crippen LogP contribution in [-0.4, -0.2) is 44.9 Å². The molecule has 10 nitrogen and oxygen atoms in total. The van der Waals surface area contributed by atoms with Crippen LogP contribution in [0.25, 0.3) is 0 Å². The molecule has 0 bridgehead atoms. The molecule has 27 heavy (non-hydrogen) atoms. The molecule has 0 saturated carbocycles. The molecular formula is C17H22N4O6. The first-order valence-corrected chi connectivity index (χ1v) is 8.10. The van der Waals surface area contributed by atoms with E-state index in [2.05, 4.69) is 0 Å². The van der Waals surface area contributed by atoms with Crippen molar-refractivity contribution in [1.82, 2.24) is 0 Å². The predicted molar refractivity (Wildman–Crippen MR) is 97.0 cm³/mol. The maximum atomic E-state index is 11.9. The maximum absolute atomic E-state index is 11.9. The lowest BCUT2D eigenvalue weighted by atomic mass is 9.86. The van der Waals surface area contributed by atoms with Gasteiger partial charge in [0.25, 0.3) is 0 Å². The van der Waals surface area contributed by atoms with Gasteiger partial charge in [0.15, 0.2) is 0 Å². The van der Waals surface area contributed by atoms with Crippen LogP contribution < -0.4 is 11.5 Å². The normalized spacial score (nSPS) is 10.4. The fourth-order valence-corrected chi connectivity index (χ4v) is 2.84. The highest BCUT2D eigenvalue weighted by molar-refractivity contribution is 6.03. The molecule has 0 spiro atoms. The van der Waals surface area contributed by atoms with Gasteiger partial charge in [-0.05, 0) is 42.9 Å². The minimum absolute atomic E-state index is 0.000856. The zero-order valence-corrected chi connectivity index (χ0v) is 14.5. The highest BCUT2D eigenvalue weighted by Crippen LogP contribution is 2.28. The van der Waals surface area contributed by atoms with Crippen LogP contribution in [0.5, 0.6) is 0 Å². The predicted octanol–water partition coefficient (Wildman–Crippen LogP) is 1.30. The molecule has 146 valence electrons. The van der Waals surface area contributed by atoms with Gasteiger partial charge in [-0.25, -0.2) is 14.4 Å². The van der Waals surface area contributed by atoms with E-state index in [1.165, 1.54) is 0 Å². The Labute approximate surface area is 154 Å². The van der Waals surface area contributed by atoms with E-state index in [0.717, 1.165) is 6.07 Å². The number of nitrogens with one attached hydrogen (secondary N) is 2. The van der Waals surface area contributed by atoms with E-state index in [1.54, 1.807) is 0 Å². The average Bonchev–Trinajstić information content (AvgIpc) is 2.53. The van der Waals surface area contributed by atoms with Gasteiger partial charge in [-0.1, -0.05) is 0 Å². The Balaban J connectivity index is 3.57. The lowest BCUT2D eigenvalue weighted by Crippen LogP contribution is -2.19. The summed E-state index contributed by atoms with van der Waals surface area (Å²) in [6.07, 6.45) is 0.826. The van der Waals surface area contributed by atoms with E-state index in [1.807, 2.05) is 0 Å². The lowest BCUT2D eigenvalue weighted by Gasteiger charge is -2.17. The summed E-state index contributed by atoms with van der Waals surface area (Å²) in [5.74, 6) is -4.54. The summed E-state index contributed by atoms with van der Waals surface area (Å²) in [5, 5.41) is 43.0. The number of amidine groups is 2. The van der Waals surface area contributed by atoms with Crippen LogP contribution in [0.1, 0.15) is 67.9 Å². The Morgan fingerprint density at radius 3 is 1.41 bits per heavy atom. The number of benzene rings is 1. The number of hydrogen-bond acceptors (Lipinski definition) is 5. The van der Waals surface area contributed by atoms with E-state index in [4.69, 9.17) is 22.3 Å². The molecule has 0 aliphatic heterocycles. The molecule has 0 radical (unpaired) electrons. The Morgan fingerprint density at radius 1 is 0.778 bits per heavy atom. The van der Waals surface area contributed by atoms with Crippen molar-refractivity contribution in [3.05, 3.63) is 33.9 Å². The first kappa shape index (κ1) is 21.6. The van der Waals surface area contributed by atoms with Crippen LogP contribution in [0.4, 0.5) is 0 Å². The maximum Gasteiger partial charge on any atom is 0.336 e. The molecule has 0 amide bonds. The molecular weight excluding hydrogens is 356 g/mol. The van der Waals surface area contributed by atoms with Gasteiger partial charge in [0, 0.05) is 12.8 Å². The molecule has 9 N–H and O–H groups in total. The smallest absolute Gasteiger partial charge is 0.336 e. The Kier molecular flexibility index (Phi) is 7.46. The largest absolute Gasteiger partial charge is 0.478 e. The monoisotopic (exact) mass is 378 g/mol. The van der Waals surface area contributed by atoms with Gasteiger partial charge in [0.2, 0.25) is 0 Å². The average molecular weight is 378 g/mol. The third-order valence-electron chi connectivity index (χ3n) is 3.96. The third kappa shape index (κ3) is 5.80. The van der Waals surface area contributed by atoms with Gasteiger partial charge < -0.3 is 26.8 Å². The highest BCUT2D eigenvalue weighted by Gasteiger charge is 2.27. The second kappa shape index (κ2) is 9.32. The summed E-state index contributed by atoms with van der Waals surface area (Å²) in [6, 6.07) is 0.962. The summed E-state index contributed by atoms with van der Waals surface area (Å²) in [4.78, 5) is 35.0. The molecule has 1 aromatic carbocycles. The molecule has 1 aromatic rings. The second-order valence-corrected chi connectivity index (χ2v) is 5.98. The van der Waals surface area contributed by atoms with E-state index >= 15 is 0 Å². The standard InChI is InChI=1S/C17H22N4O6/c18-12(19)5-1-3-8-10(15(22)23)7-11(16(24)25)9(14(8)17(26)27)4-2-6-13(20)21/h7H,1-6H2,(H3,18,19)(H3,20,21)(H,22,23)(H,24,25)(H,26,27). The molecule has 10 heteroatoms. The Morgan fingerprint density at radius 2 is 1.15 bits per heavy atom. The van der Waals surface area contributed by atoms with Crippen molar-refractivity contribution in [2.45, 2.75) is 38.5 Å². The van der Waals surface area contributed by atoms with Crippen LogP contribution >= 0.6 is 0 Å². The summed E-state index contributed by atoms with van der Waals surface area (Å²) >= 11 is 0. The molecule has 0 aliphatic rings. The summed E-state index contributed by atoms with van der Waals surface area (Å²) in [5.41, 5.74) is 9.40. The van der Waals surface area contributed by atoms with E-state index in [0.29, 0.717) is 0 Å². The van der Waals surface area contributed by atoms with Crippen LogP contribution in [0.15, 0.2) is 6.07 Å². The van der Waals surface area contributed by atoms with Crippen molar-refractivity contribution in [2.24, 2.45) is 11.5 Å². The fraction of sp³-hybridized carbons (Fsp3) is 0.353. The summed E-state index contributed by atoms with van der Waals surface area (Å²) in [7, 11) is 0. The van der Waals surface area contributed by atoms with Gasteiger partial charge in [0.05, 0.1) is 28.4 Å². The zero-order valence-electron chi connectivity index (χ0n) is 14.5. The van der Waals surface area contributed by atoms with Gasteiger partial charge >= 0.3 is 17.9 Å². The van der Waals surface area contributed by atoms with E-state index in [-0.39, 0.29) is 66.9 Å². The van der Waals surface area contributed by atoms with Crippen LogP contribution in [0.2, 0.25) is 0 Å². The first-order chi connectivity index (χ1) is 12.6. The van der Waals surface area contributed by atoms with Gasteiger partial charge in [-0.3, -0.25) is 10.8 Å². The highest BCUT2D eigenvalue weighted by atomic mass is 16.4. The molecule has 0 saturated heterocycles. The first-order valence-electron chi connectivity index (χ1n) is 8.10. The molecule has 0 unspecified atom stereocenters. The summed E-state index contributed by atoms with van der Waals surface area (Å²) < 4.78 is 0. The number of aromatic carboxylic acids is 3. The van der Waals surface area contributed by atoms with Crippen molar-refractivity contribution < 1.29 is 29.7 Å². The lowest BCUT2D eigenvalue weighted by molar-refractivity contribution is 0.0694. The minimum Gasteiger partial charge on any atom is -0.478 e. The quantitative estimate of drug-likeness (QED) is 0.219. The topological polar surface area (TPSA) is 212 Å². The Hall–Kier alpha value is -3.43. The fourth-order valence-electron chi connectivity index (χ4n) is 2.84. The van der Waals surface area contributed by atoms with Crippen molar-refractivity contribution in [3.63, 3.8) is 0 Å². The van der Waals surface area contributed by atoms with Crippen molar-refractivity contribution >= 4 is 29.6 Å². The van der Waals surface area contributed by atoms with Gasteiger partial charge in [0.1, 0.15) is 0 Å². The van der Waals surface area contributed by atoms with Crippen molar-refractivity contribution in [3.8, 4) is 0 Å². The molecule has 0 fully saturated rings. The number of rotatable bonds is 11. The third-order valence-corrected chi connectivity index (χ3v) is 3.96. The molecule has 1 rings (SSSR count). The second-order valence-electron chi connectivity index (χ2n) is 5.98. The molecule has 0 atom stereocenters. The van der Waals surface area contributed by atoms with Crippen molar-refractivity contribution in [2.75, 3.05) is 0 Å².